The van der Waals surface area contributed by atoms with Gasteiger partial charge in [-0.25, -0.2) is 4.98 Å². The number of esters is 1. The number of likely N-dealkylation sites (N-methyl/N-ethyl adjacent to an activating group) is 1. The number of hydrogen-bond acceptors (Lipinski definition) is 19. The van der Waals surface area contributed by atoms with E-state index in [2.05, 4.69) is 15.1 Å². The van der Waals surface area contributed by atoms with Gasteiger partial charge in [0.2, 0.25) is 6.79 Å². The van der Waals surface area contributed by atoms with Crippen LogP contribution in [0.15, 0.2) is 59.4 Å². The van der Waals surface area contributed by atoms with Crippen molar-refractivity contribution < 1.29 is 77.1 Å². The number of carbonyl (C=O) groups is 2. The molecular formula is C51H76N4O16. The molecule has 4 N–H and O–H groups in total. The van der Waals surface area contributed by atoms with Gasteiger partial charge in [0.25, 0.3) is 0 Å². The van der Waals surface area contributed by atoms with Crippen molar-refractivity contribution in [3.8, 4) is 0 Å². The summed E-state index contributed by atoms with van der Waals surface area (Å²) in [6.45, 7) is 9.18. The first-order chi connectivity index (χ1) is 34.1. The minimum absolute atomic E-state index is 0.0204. The Morgan fingerprint density at radius 1 is 0.930 bits per heavy atom. The van der Waals surface area contributed by atoms with Crippen LogP contribution < -0.4 is 0 Å². The van der Waals surface area contributed by atoms with Gasteiger partial charge >= 0.3 is 5.97 Å². The Morgan fingerprint density at radius 2 is 1.69 bits per heavy atom. The summed E-state index contributed by atoms with van der Waals surface area (Å²) >= 11 is 0. The lowest BCUT2D eigenvalue weighted by Crippen LogP contribution is -2.63. The van der Waals surface area contributed by atoms with Crippen molar-refractivity contribution in [1.82, 2.24) is 14.9 Å². The van der Waals surface area contributed by atoms with Crippen molar-refractivity contribution in [2.45, 2.75) is 127 Å². The lowest BCUT2D eigenvalue weighted by molar-refractivity contribution is -0.305. The van der Waals surface area contributed by atoms with Crippen LogP contribution in [0.25, 0.3) is 17.1 Å². The number of cyclic esters (lactones) is 1. The van der Waals surface area contributed by atoms with Gasteiger partial charge in [0, 0.05) is 50.2 Å². The summed E-state index contributed by atoms with van der Waals surface area (Å²) < 4.78 is 60.9. The number of aromatic amines is 1. The fraction of sp³-hybridized carbons (Fsp3) is 0.686. The van der Waals surface area contributed by atoms with Gasteiger partial charge < -0.3 is 77.4 Å². The molecule has 20 nitrogen and oxygen atoms in total. The van der Waals surface area contributed by atoms with Crippen molar-refractivity contribution in [3.05, 3.63) is 60.0 Å². The van der Waals surface area contributed by atoms with Crippen LogP contribution in [-0.2, 0) is 61.8 Å². The Bertz CT molecular complexity index is 2110. The number of aromatic nitrogens is 2. The smallest absolute Gasteiger partial charge is 0.308 e. The fourth-order valence-corrected chi connectivity index (χ4v) is 9.58. The Labute approximate surface area is 416 Å². The Kier molecular flexibility index (Phi) is 21.7. The van der Waals surface area contributed by atoms with Gasteiger partial charge in [-0.2, -0.15) is 0 Å². The van der Waals surface area contributed by atoms with Gasteiger partial charge in [0.1, 0.15) is 35.8 Å². The van der Waals surface area contributed by atoms with E-state index in [0.29, 0.717) is 18.6 Å². The highest BCUT2D eigenvalue weighted by Crippen LogP contribution is 2.36. The summed E-state index contributed by atoms with van der Waals surface area (Å²) in [5, 5.41) is 38.8. The number of nitrogens with one attached hydrogen (secondary N) is 1. The first kappa shape index (κ1) is 56.3. The molecule has 396 valence electrons. The maximum Gasteiger partial charge on any atom is 0.308 e. The van der Waals surface area contributed by atoms with Crippen molar-refractivity contribution in [3.63, 3.8) is 0 Å². The Morgan fingerprint density at radius 3 is 2.45 bits per heavy atom. The molecule has 0 aliphatic carbocycles. The van der Waals surface area contributed by atoms with Crippen molar-refractivity contribution in [2.75, 3.05) is 74.7 Å². The first-order valence-electron chi connectivity index (χ1n) is 24.5. The van der Waals surface area contributed by atoms with Crippen LogP contribution >= 0.6 is 0 Å². The van der Waals surface area contributed by atoms with E-state index in [1.54, 1.807) is 45.0 Å². The third-order valence-electron chi connectivity index (χ3n) is 13.6. The lowest BCUT2D eigenvalue weighted by Gasteiger charge is -2.47. The predicted molar refractivity (Wildman–Crippen MR) is 260 cm³/mol. The van der Waals surface area contributed by atoms with E-state index in [4.69, 9.17) is 52.2 Å². The molecule has 0 saturated carbocycles. The average molecular weight is 1000 g/mol. The number of ketones is 1. The van der Waals surface area contributed by atoms with Crippen LogP contribution in [0.1, 0.15) is 59.6 Å². The normalized spacial score (nSPS) is 37.2. The van der Waals surface area contributed by atoms with E-state index >= 15 is 0 Å². The number of oxime groups is 1. The second-order valence-electron chi connectivity index (χ2n) is 19.2. The molecule has 16 atom stereocenters. The predicted octanol–water partition coefficient (Wildman–Crippen LogP) is 3.58. The molecule has 6 heterocycles. The zero-order chi connectivity index (χ0) is 51.2. The number of rotatable bonds is 14. The van der Waals surface area contributed by atoms with Gasteiger partial charge in [-0.15, -0.1) is 0 Å². The minimum Gasteiger partial charge on any atom is -0.465 e. The average Bonchev–Trinajstić information content (AvgIpc) is 3.81. The van der Waals surface area contributed by atoms with Gasteiger partial charge in [-0.05, 0) is 84.0 Å². The van der Waals surface area contributed by atoms with Crippen LogP contribution in [0.3, 0.4) is 0 Å². The standard InChI is InChI=1S/C51H76N4O16/c1-29-12-15-39(56)30(2)22-36-17-20-63-26-38(54-68-28-64-19-10-11-37-14-13-35-16-18-52-49(35)53-37)27-65-40(31(3)46(36)71-50-45(60)42(55(6)7)43(58)32(4)69-50)23-41(57)66-24-34(21-29)25-67-51-48(62-9)47(61-8)44(59)33(5)70-51/h10-16,18,21,30-34,36,40,42-48,50-51,58-60H,17,19-20,22-28H2,1-9H3,(H,52,53)/b11-10+,15-12+,29-21+,54-38+/t30-,31+,32-,33-,34+,36?,40-,42+,43-,44-,45-,46-,47-,48-,50+,51-/m1/s1. The summed E-state index contributed by atoms with van der Waals surface area (Å²) in [5.41, 5.74) is 2.69. The molecule has 0 aromatic carbocycles. The van der Waals surface area contributed by atoms with Gasteiger partial charge in [0.05, 0.1) is 81.7 Å². The van der Waals surface area contributed by atoms with E-state index in [-0.39, 0.29) is 64.6 Å². The first-order valence-corrected chi connectivity index (χ1v) is 24.5. The quantitative estimate of drug-likeness (QED) is 0.0915. The van der Waals surface area contributed by atoms with Crippen LogP contribution in [0.4, 0.5) is 0 Å². The maximum absolute atomic E-state index is 14.1. The molecule has 1 unspecified atom stereocenters. The third-order valence-corrected chi connectivity index (χ3v) is 13.6. The SMILES string of the molecule is CO[C@@H]1[C@H](O)[C@@H](C)O[C@@H](OC[C@H]2/C=C(C)/C=C/C(=O)[C@H](C)CC3CCOC/C(=N\OCOC/C=C/c4ccc5cc[nH]c5n4)CO[C@H](CC(=O)OC2)[C@H](C)[C@H]3O[C@@H]2O[C@H](C)[C@@H](O)[C@H](N(C)C)[C@H]2O)[C@@H]1OC. The number of aliphatic hydroxyl groups excluding tert-OH is 3. The number of nitrogens with zero attached hydrogens (tertiary/aromatic N) is 3. The second-order valence-corrected chi connectivity index (χ2v) is 19.2. The number of allylic oxidation sites excluding steroid dienone is 3. The molecule has 2 bridgehead atoms. The molecule has 20 heteroatoms. The van der Waals surface area contributed by atoms with Crippen molar-refractivity contribution in [1.29, 1.82) is 0 Å². The molecule has 0 radical (unpaired) electrons. The van der Waals surface area contributed by atoms with Crippen molar-refractivity contribution in [2.24, 2.45) is 28.8 Å². The molecule has 3 fully saturated rings. The van der Waals surface area contributed by atoms with Crippen molar-refractivity contribution >= 4 is 34.6 Å². The topological polar surface area (TPSA) is 241 Å². The number of carbonyl (C=O) groups excluding carboxylic acids is 2. The highest BCUT2D eigenvalue weighted by atomic mass is 16.7. The molecule has 3 saturated heterocycles. The van der Waals surface area contributed by atoms with Crippen LogP contribution in [-0.4, -0.2) is 196 Å². The number of aliphatic hydroxyl groups is 3. The molecule has 2 aromatic heterocycles. The number of H-pyrrole nitrogens is 1. The summed E-state index contributed by atoms with van der Waals surface area (Å²) in [6, 6.07) is 5.14. The molecule has 4 aliphatic rings. The Hall–Kier alpha value is -4.00. The molecule has 0 spiro atoms. The van der Waals surface area contributed by atoms with E-state index in [9.17, 15) is 24.9 Å². The lowest BCUT2D eigenvalue weighted by atomic mass is 9.79. The van der Waals surface area contributed by atoms with Crippen LogP contribution in [0.2, 0.25) is 0 Å². The third kappa shape index (κ3) is 15.5. The van der Waals surface area contributed by atoms with Gasteiger partial charge in [-0.3, -0.25) is 9.59 Å². The highest BCUT2D eigenvalue weighted by Gasteiger charge is 2.48. The Balaban J connectivity index is 1.23. The van der Waals surface area contributed by atoms with E-state index in [0.717, 1.165) is 22.3 Å². The summed E-state index contributed by atoms with van der Waals surface area (Å²) in [5.74, 6) is -2.65. The molecule has 2 aromatic rings. The molecular weight excluding hydrogens is 925 g/mol. The molecule has 0 amide bonds. The molecule has 6 rings (SSSR count). The van der Waals surface area contributed by atoms with Crippen LogP contribution in [0, 0.1) is 23.7 Å². The molecule has 4 aliphatic heterocycles. The zero-order valence-corrected chi connectivity index (χ0v) is 42.5. The van der Waals surface area contributed by atoms with E-state index < -0.39 is 97.3 Å². The van der Waals surface area contributed by atoms with Gasteiger partial charge in [-0.1, -0.05) is 42.8 Å². The number of pyridine rings is 1. The summed E-state index contributed by atoms with van der Waals surface area (Å²) in [4.78, 5) is 43.0. The monoisotopic (exact) mass is 1000 g/mol. The van der Waals surface area contributed by atoms with E-state index in [1.165, 1.54) is 14.2 Å². The summed E-state index contributed by atoms with van der Waals surface area (Å²) in [7, 11) is 6.48. The number of hydrogen-bond donors (Lipinski definition) is 4. The number of methoxy groups -OCH3 is 2. The minimum atomic E-state index is -1.26. The molecule has 71 heavy (non-hydrogen) atoms. The fourth-order valence-electron chi connectivity index (χ4n) is 9.58. The van der Waals surface area contributed by atoms with E-state index in [1.807, 2.05) is 63.4 Å². The number of ether oxygens (including phenoxy) is 10. The number of fused-ring (bicyclic) bond motifs is 4. The van der Waals surface area contributed by atoms with Gasteiger partial charge in [0.15, 0.2) is 18.4 Å². The maximum atomic E-state index is 14.1. The summed E-state index contributed by atoms with van der Waals surface area (Å²) in [6.07, 6.45) is 1.44. The highest BCUT2D eigenvalue weighted by molar-refractivity contribution is 5.91. The second kappa shape index (κ2) is 27.3. The largest absolute Gasteiger partial charge is 0.465 e. The van der Waals surface area contributed by atoms with Crippen LogP contribution in [0.5, 0.6) is 0 Å². The zero-order valence-electron chi connectivity index (χ0n) is 42.5.